The highest BCUT2D eigenvalue weighted by Gasteiger charge is 2.29. The van der Waals surface area contributed by atoms with Gasteiger partial charge < -0.3 is 15.8 Å². The summed E-state index contributed by atoms with van der Waals surface area (Å²) in [7, 11) is 0. The van der Waals surface area contributed by atoms with Crippen molar-refractivity contribution >= 4 is 5.91 Å². The van der Waals surface area contributed by atoms with Crippen LogP contribution >= 0.6 is 0 Å². The SMILES string of the molecule is C#CCNC(=O)C(C)N1CCOC(C(C)N)C1. The van der Waals surface area contributed by atoms with Crippen LogP contribution in [0.15, 0.2) is 0 Å². The molecule has 96 valence electrons. The van der Waals surface area contributed by atoms with Crippen LogP contribution in [-0.2, 0) is 9.53 Å². The van der Waals surface area contributed by atoms with Crippen molar-refractivity contribution in [2.45, 2.75) is 32.0 Å². The van der Waals surface area contributed by atoms with Gasteiger partial charge in [0.15, 0.2) is 0 Å². The van der Waals surface area contributed by atoms with E-state index in [1.807, 2.05) is 13.8 Å². The number of rotatable bonds is 4. The Morgan fingerprint density at radius 3 is 3.00 bits per heavy atom. The molecule has 0 aromatic rings. The van der Waals surface area contributed by atoms with E-state index in [0.717, 1.165) is 6.54 Å². The Labute approximate surface area is 103 Å². The lowest BCUT2D eigenvalue weighted by Gasteiger charge is -2.37. The van der Waals surface area contributed by atoms with Gasteiger partial charge in [0.05, 0.1) is 25.3 Å². The van der Waals surface area contributed by atoms with Gasteiger partial charge in [0.2, 0.25) is 5.91 Å². The molecule has 0 saturated carbocycles. The Hall–Kier alpha value is -1.09. The van der Waals surface area contributed by atoms with Crippen molar-refractivity contribution in [3.63, 3.8) is 0 Å². The molecule has 0 aromatic carbocycles. The second kappa shape index (κ2) is 6.60. The zero-order valence-electron chi connectivity index (χ0n) is 10.5. The van der Waals surface area contributed by atoms with Crippen molar-refractivity contribution in [1.82, 2.24) is 10.2 Å². The summed E-state index contributed by atoms with van der Waals surface area (Å²) in [6.07, 6.45) is 5.09. The normalized spacial score (nSPS) is 24.7. The predicted molar refractivity (Wildman–Crippen MR) is 66.3 cm³/mol. The third kappa shape index (κ3) is 4.00. The number of hydrogen-bond donors (Lipinski definition) is 2. The van der Waals surface area contributed by atoms with Gasteiger partial charge in [-0.25, -0.2) is 0 Å². The fraction of sp³-hybridized carbons (Fsp3) is 0.750. The van der Waals surface area contributed by atoms with Crippen LogP contribution in [0.5, 0.6) is 0 Å². The second-order valence-corrected chi connectivity index (χ2v) is 4.36. The van der Waals surface area contributed by atoms with Crippen LogP contribution in [0.2, 0.25) is 0 Å². The van der Waals surface area contributed by atoms with E-state index >= 15 is 0 Å². The van der Waals surface area contributed by atoms with Crippen molar-refractivity contribution < 1.29 is 9.53 Å². The molecule has 1 aliphatic rings. The molecule has 1 heterocycles. The molecule has 0 aliphatic carbocycles. The molecule has 0 spiro atoms. The number of terminal acetylenes is 1. The van der Waals surface area contributed by atoms with Crippen LogP contribution in [0.3, 0.4) is 0 Å². The monoisotopic (exact) mass is 239 g/mol. The number of nitrogens with zero attached hydrogens (tertiary/aromatic N) is 1. The molecule has 5 nitrogen and oxygen atoms in total. The smallest absolute Gasteiger partial charge is 0.237 e. The molecule has 3 N–H and O–H groups in total. The minimum absolute atomic E-state index is 0.00775. The number of carbonyl (C=O) groups excluding carboxylic acids is 1. The highest BCUT2D eigenvalue weighted by atomic mass is 16.5. The summed E-state index contributed by atoms with van der Waals surface area (Å²) in [5.41, 5.74) is 5.81. The van der Waals surface area contributed by atoms with Crippen LogP contribution in [0.4, 0.5) is 0 Å². The maximum atomic E-state index is 11.8. The molecule has 0 bridgehead atoms. The Bertz CT molecular complexity index is 299. The first-order valence-electron chi connectivity index (χ1n) is 5.88. The topological polar surface area (TPSA) is 67.6 Å². The van der Waals surface area contributed by atoms with Gasteiger partial charge >= 0.3 is 0 Å². The van der Waals surface area contributed by atoms with Gasteiger partial charge in [-0.05, 0) is 13.8 Å². The molecular formula is C12H21N3O2. The van der Waals surface area contributed by atoms with E-state index in [9.17, 15) is 4.79 Å². The average Bonchev–Trinajstić information content (AvgIpc) is 2.35. The molecule has 1 aliphatic heterocycles. The molecule has 17 heavy (non-hydrogen) atoms. The van der Waals surface area contributed by atoms with E-state index in [1.165, 1.54) is 0 Å². The lowest BCUT2D eigenvalue weighted by atomic mass is 10.1. The largest absolute Gasteiger partial charge is 0.374 e. The fourth-order valence-corrected chi connectivity index (χ4v) is 1.82. The minimum atomic E-state index is -0.200. The molecular weight excluding hydrogens is 218 g/mol. The second-order valence-electron chi connectivity index (χ2n) is 4.36. The molecule has 0 radical (unpaired) electrons. The summed E-state index contributed by atoms with van der Waals surface area (Å²) in [6.45, 7) is 6.09. The van der Waals surface area contributed by atoms with E-state index in [1.54, 1.807) is 0 Å². The molecule has 3 unspecified atom stereocenters. The van der Waals surface area contributed by atoms with Gasteiger partial charge in [-0.15, -0.1) is 6.42 Å². The Balaban J connectivity index is 2.48. The fourth-order valence-electron chi connectivity index (χ4n) is 1.82. The van der Waals surface area contributed by atoms with Crippen molar-refractivity contribution in [3.8, 4) is 12.3 Å². The number of nitrogens with one attached hydrogen (secondary N) is 1. The highest BCUT2D eigenvalue weighted by Crippen LogP contribution is 2.11. The lowest BCUT2D eigenvalue weighted by Crippen LogP contribution is -2.55. The summed E-state index contributed by atoms with van der Waals surface area (Å²) in [5.74, 6) is 2.34. The molecule has 1 amide bonds. The first-order valence-corrected chi connectivity index (χ1v) is 5.88. The molecule has 1 rings (SSSR count). The van der Waals surface area contributed by atoms with E-state index in [0.29, 0.717) is 13.2 Å². The van der Waals surface area contributed by atoms with Gasteiger partial charge in [0, 0.05) is 19.1 Å². The van der Waals surface area contributed by atoms with Crippen molar-refractivity contribution in [1.29, 1.82) is 0 Å². The number of morpholine rings is 1. The van der Waals surface area contributed by atoms with Crippen LogP contribution in [0.25, 0.3) is 0 Å². The van der Waals surface area contributed by atoms with E-state index in [2.05, 4.69) is 16.1 Å². The van der Waals surface area contributed by atoms with Crippen LogP contribution in [0.1, 0.15) is 13.8 Å². The van der Waals surface area contributed by atoms with Gasteiger partial charge in [-0.2, -0.15) is 0 Å². The quantitative estimate of drug-likeness (QED) is 0.629. The predicted octanol–water partition coefficient (Wildman–Crippen LogP) is -0.828. The van der Waals surface area contributed by atoms with Crippen LogP contribution in [-0.4, -0.2) is 55.2 Å². The Morgan fingerprint density at radius 2 is 2.41 bits per heavy atom. The molecule has 0 aromatic heterocycles. The van der Waals surface area contributed by atoms with Crippen molar-refractivity contribution in [3.05, 3.63) is 0 Å². The first-order chi connectivity index (χ1) is 8.06. The third-order valence-corrected chi connectivity index (χ3v) is 3.00. The number of amides is 1. The maximum Gasteiger partial charge on any atom is 0.237 e. The number of hydrogen-bond acceptors (Lipinski definition) is 4. The van der Waals surface area contributed by atoms with Gasteiger partial charge in [-0.1, -0.05) is 5.92 Å². The third-order valence-electron chi connectivity index (χ3n) is 3.00. The Morgan fingerprint density at radius 1 is 1.71 bits per heavy atom. The molecule has 3 atom stereocenters. The minimum Gasteiger partial charge on any atom is -0.374 e. The summed E-state index contributed by atoms with van der Waals surface area (Å²) in [5, 5.41) is 2.68. The van der Waals surface area contributed by atoms with E-state index in [4.69, 9.17) is 16.9 Å². The lowest BCUT2D eigenvalue weighted by molar-refractivity contribution is -0.129. The zero-order valence-corrected chi connectivity index (χ0v) is 10.5. The maximum absolute atomic E-state index is 11.8. The van der Waals surface area contributed by atoms with Gasteiger partial charge in [0.1, 0.15) is 0 Å². The summed E-state index contributed by atoms with van der Waals surface area (Å²) < 4.78 is 5.55. The molecule has 1 saturated heterocycles. The standard InChI is InChI=1S/C12H21N3O2/c1-4-5-14-12(16)10(3)15-6-7-17-11(8-15)9(2)13/h1,9-11H,5-8,13H2,2-3H3,(H,14,16). The summed E-state index contributed by atoms with van der Waals surface area (Å²) in [6, 6.07) is -0.229. The van der Waals surface area contributed by atoms with Crippen molar-refractivity contribution in [2.24, 2.45) is 5.73 Å². The van der Waals surface area contributed by atoms with Gasteiger partial charge in [0.25, 0.3) is 0 Å². The molecule has 1 fully saturated rings. The first kappa shape index (κ1) is 14.0. The zero-order chi connectivity index (χ0) is 12.8. The number of carbonyl (C=O) groups is 1. The highest BCUT2D eigenvalue weighted by molar-refractivity contribution is 5.81. The summed E-state index contributed by atoms with van der Waals surface area (Å²) >= 11 is 0. The van der Waals surface area contributed by atoms with Crippen LogP contribution < -0.4 is 11.1 Å². The van der Waals surface area contributed by atoms with Crippen LogP contribution in [0, 0.1) is 12.3 Å². The van der Waals surface area contributed by atoms with Crippen molar-refractivity contribution in [2.75, 3.05) is 26.2 Å². The number of ether oxygens (including phenoxy) is 1. The average molecular weight is 239 g/mol. The van der Waals surface area contributed by atoms with E-state index < -0.39 is 0 Å². The molecule has 5 heteroatoms. The van der Waals surface area contributed by atoms with Gasteiger partial charge in [-0.3, -0.25) is 9.69 Å². The summed E-state index contributed by atoms with van der Waals surface area (Å²) in [4.78, 5) is 13.8. The van der Waals surface area contributed by atoms with E-state index in [-0.39, 0.29) is 30.6 Å². The Kier molecular flexibility index (Phi) is 5.42. The number of nitrogens with two attached hydrogens (primary N) is 1.